The minimum atomic E-state index is -1.04. The van der Waals surface area contributed by atoms with Gasteiger partial charge in [-0.1, -0.05) is 18.2 Å². The third-order valence-electron chi connectivity index (χ3n) is 4.90. The number of carboxylic acid groups (broad SMARTS) is 1. The van der Waals surface area contributed by atoms with Crippen molar-refractivity contribution in [2.24, 2.45) is 0 Å². The fraction of sp³-hybridized carbons (Fsp3) is 0.300. The van der Waals surface area contributed by atoms with Crippen LogP contribution in [0, 0.1) is 0 Å². The van der Waals surface area contributed by atoms with E-state index in [-0.39, 0.29) is 11.5 Å². The largest absolute Gasteiger partial charge is 0.496 e. The zero-order valence-electron chi connectivity index (χ0n) is 15.6. The summed E-state index contributed by atoms with van der Waals surface area (Å²) in [4.78, 5) is 26.7. The molecule has 3 rings (SSSR count). The molecule has 0 saturated carbocycles. The van der Waals surface area contributed by atoms with Crippen LogP contribution in [0.15, 0.2) is 36.4 Å². The maximum Gasteiger partial charge on any atom is 0.313 e. The molecule has 1 heterocycles. The van der Waals surface area contributed by atoms with E-state index in [1.807, 2.05) is 0 Å². The molecule has 0 saturated heterocycles. The van der Waals surface area contributed by atoms with Gasteiger partial charge in [0.25, 0.3) is 5.91 Å². The van der Waals surface area contributed by atoms with Crippen LogP contribution in [0.1, 0.15) is 33.4 Å². The van der Waals surface area contributed by atoms with Crippen LogP contribution in [0.2, 0.25) is 0 Å². The van der Waals surface area contributed by atoms with Crippen molar-refractivity contribution in [3.8, 4) is 17.2 Å². The maximum atomic E-state index is 13.0. The average molecular weight is 371 g/mol. The molecule has 0 aromatic heterocycles. The van der Waals surface area contributed by atoms with Crippen molar-refractivity contribution in [3.05, 3.63) is 53.1 Å². The highest BCUT2D eigenvalue weighted by Gasteiger charge is 2.44. The van der Waals surface area contributed by atoms with Crippen LogP contribution in [0.25, 0.3) is 0 Å². The average Bonchev–Trinajstić information content (AvgIpc) is 2.69. The fourth-order valence-corrected chi connectivity index (χ4v) is 3.61. The molecule has 142 valence electrons. The Hall–Kier alpha value is -3.22. The fourth-order valence-electron chi connectivity index (χ4n) is 3.61. The lowest BCUT2D eigenvalue weighted by molar-refractivity contribution is -0.140. The van der Waals surface area contributed by atoms with Gasteiger partial charge in [0, 0.05) is 18.2 Å². The molecule has 0 fully saturated rings. The summed E-state index contributed by atoms with van der Waals surface area (Å²) in [7, 11) is 6.04. The predicted octanol–water partition coefficient (Wildman–Crippen LogP) is 2.71. The first-order chi connectivity index (χ1) is 12.9. The number of rotatable bonds is 5. The summed E-state index contributed by atoms with van der Waals surface area (Å²) in [5, 5.41) is 10.0. The van der Waals surface area contributed by atoms with Gasteiger partial charge in [-0.15, -0.1) is 0 Å². The molecular weight excluding hydrogens is 350 g/mol. The zero-order valence-corrected chi connectivity index (χ0v) is 15.6. The molecule has 2 atom stereocenters. The minimum absolute atomic E-state index is 0.286. The van der Waals surface area contributed by atoms with E-state index in [1.165, 1.54) is 32.3 Å². The van der Waals surface area contributed by atoms with E-state index in [4.69, 9.17) is 14.2 Å². The van der Waals surface area contributed by atoms with E-state index < -0.39 is 17.9 Å². The van der Waals surface area contributed by atoms with Crippen LogP contribution >= 0.6 is 0 Å². The monoisotopic (exact) mass is 371 g/mol. The second kappa shape index (κ2) is 7.19. The molecule has 1 amide bonds. The second-order valence-corrected chi connectivity index (χ2v) is 6.21. The number of hydrogen-bond donors (Lipinski definition) is 1. The Bertz CT molecular complexity index is 894. The van der Waals surface area contributed by atoms with E-state index in [9.17, 15) is 14.7 Å². The van der Waals surface area contributed by atoms with Crippen molar-refractivity contribution in [2.45, 2.75) is 12.0 Å². The highest BCUT2D eigenvalue weighted by Crippen LogP contribution is 2.47. The summed E-state index contributed by atoms with van der Waals surface area (Å²) < 4.78 is 16.0. The molecule has 2 aromatic carbocycles. The molecule has 2 aromatic rings. The minimum Gasteiger partial charge on any atom is -0.496 e. The molecule has 0 bridgehead atoms. The SMILES string of the molecule is COc1cc2c(cc1OC)[C@H](C(=O)O)[C@@H](c1ccccc1OC)N(C)C2=O. The van der Waals surface area contributed by atoms with E-state index in [2.05, 4.69) is 0 Å². The summed E-state index contributed by atoms with van der Waals surface area (Å²) in [5.41, 5.74) is 1.30. The van der Waals surface area contributed by atoms with Crippen LogP contribution in [0.4, 0.5) is 0 Å². The van der Waals surface area contributed by atoms with Crippen molar-refractivity contribution in [1.29, 1.82) is 0 Å². The van der Waals surface area contributed by atoms with Gasteiger partial charge in [-0.25, -0.2) is 0 Å². The summed E-state index contributed by atoms with van der Waals surface area (Å²) in [6, 6.07) is 9.48. The van der Waals surface area contributed by atoms with Crippen molar-refractivity contribution >= 4 is 11.9 Å². The van der Waals surface area contributed by atoms with Crippen LogP contribution in [-0.4, -0.2) is 50.3 Å². The topological polar surface area (TPSA) is 85.3 Å². The van der Waals surface area contributed by atoms with Crippen molar-refractivity contribution in [2.75, 3.05) is 28.4 Å². The smallest absolute Gasteiger partial charge is 0.313 e. The molecule has 1 aliphatic heterocycles. The van der Waals surface area contributed by atoms with Crippen molar-refractivity contribution in [1.82, 2.24) is 4.90 Å². The first-order valence-corrected chi connectivity index (χ1v) is 8.33. The predicted molar refractivity (Wildman–Crippen MR) is 97.8 cm³/mol. The van der Waals surface area contributed by atoms with E-state index in [1.54, 1.807) is 37.4 Å². The Morgan fingerprint density at radius 2 is 1.56 bits per heavy atom. The first-order valence-electron chi connectivity index (χ1n) is 8.33. The molecule has 0 unspecified atom stereocenters. The van der Waals surface area contributed by atoms with Gasteiger partial charge in [0.05, 0.1) is 27.4 Å². The van der Waals surface area contributed by atoms with Crippen LogP contribution in [0.5, 0.6) is 17.2 Å². The quantitative estimate of drug-likeness (QED) is 0.870. The maximum absolute atomic E-state index is 13.0. The molecule has 0 aliphatic carbocycles. The Balaban J connectivity index is 2.27. The summed E-state index contributed by atoms with van der Waals surface area (Å²) in [6.45, 7) is 0. The standard InChI is InChI=1S/C20H21NO6/c1-21-18(11-7-5-6-8-14(11)25-2)17(20(23)24)12-9-15(26-3)16(27-4)10-13(12)19(21)22/h5-10,17-18H,1-4H3,(H,23,24)/t17-,18+/m0/s1. The Morgan fingerprint density at radius 1 is 0.963 bits per heavy atom. The third-order valence-corrected chi connectivity index (χ3v) is 4.90. The third kappa shape index (κ3) is 2.95. The van der Waals surface area contributed by atoms with Gasteiger partial charge in [0.1, 0.15) is 11.7 Å². The lowest BCUT2D eigenvalue weighted by atomic mass is 9.79. The number of carbonyl (C=O) groups is 2. The number of carbonyl (C=O) groups excluding carboxylic acids is 1. The number of fused-ring (bicyclic) bond motifs is 1. The molecule has 7 heteroatoms. The van der Waals surface area contributed by atoms with Gasteiger partial charge in [-0.05, 0) is 23.8 Å². The first kappa shape index (κ1) is 18.6. The van der Waals surface area contributed by atoms with Gasteiger partial charge in [-0.2, -0.15) is 0 Å². The number of ether oxygens (including phenoxy) is 3. The molecule has 1 N–H and O–H groups in total. The van der Waals surface area contributed by atoms with Gasteiger partial charge in [-0.3, -0.25) is 9.59 Å². The van der Waals surface area contributed by atoms with E-state index in [0.717, 1.165) is 0 Å². The number of aliphatic carboxylic acids is 1. The van der Waals surface area contributed by atoms with E-state index >= 15 is 0 Å². The number of amides is 1. The zero-order chi connectivity index (χ0) is 19.7. The number of benzene rings is 2. The van der Waals surface area contributed by atoms with Crippen LogP contribution in [-0.2, 0) is 4.79 Å². The number of nitrogens with zero attached hydrogens (tertiary/aromatic N) is 1. The Kier molecular flexibility index (Phi) is 4.94. The van der Waals surface area contributed by atoms with E-state index in [0.29, 0.717) is 28.4 Å². The highest BCUT2D eigenvalue weighted by atomic mass is 16.5. The highest BCUT2D eigenvalue weighted by molar-refractivity contribution is 6.01. The van der Waals surface area contributed by atoms with Gasteiger partial charge in [0.15, 0.2) is 11.5 Å². The number of para-hydroxylation sites is 1. The van der Waals surface area contributed by atoms with Crippen molar-refractivity contribution in [3.63, 3.8) is 0 Å². The molecule has 0 spiro atoms. The number of likely N-dealkylation sites (N-methyl/N-ethyl adjacent to an activating group) is 1. The van der Waals surface area contributed by atoms with Gasteiger partial charge >= 0.3 is 5.97 Å². The van der Waals surface area contributed by atoms with Gasteiger partial charge < -0.3 is 24.2 Å². The molecule has 0 radical (unpaired) electrons. The summed E-state index contributed by atoms with van der Waals surface area (Å²) >= 11 is 0. The number of methoxy groups -OCH3 is 3. The lowest BCUT2D eigenvalue weighted by Crippen LogP contribution is -2.42. The lowest BCUT2D eigenvalue weighted by Gasteiger charge is -2.39. The molecule has 7 nitrogen and oxygen atoms in total. The summed E-state index contributed by atoms with van der Waals surface area (Å²) in [5.74, 6) is -1.05. The van der Waals surface area contributed by atoms with Crippen LogP contribution < -0.4 is 14.2 Å². The second-order valence-electron chi connectivity index (χ2n) is 6.21. The number of carboxylic acids is 1. The Morgan fingerprint density at radius 3 is 2.15 bits per heavy atom. The number of hydrogen-bond acceptors (Lipinski definition) is 5. The van der Waals surface area contributed by atoms with Gasteiger partial charge in [0.2, 0.25) is 0 Å². The molecular formula is C20H21NO6. The Labute approximate surface area is 157 Å². The molecule has 1 aliphatic rings. The summed E-state index contributed by atoms with van der Waals surface area (Å²) in [6.07, 6.45) is 0. The molecule has 27 heavy (non-hydrogen) atoms. The normalized spacial score (nSPS) is 18.7. The van der Waals surface area contributed by atoms with Crippen molar-refractivity contribution < 1.29 is 28.9 Å². The van der Waals surface area contributed by atoms with Crippen LogP contribution in [0.3, 0.4) is 0 Å².